The topological polar surface area (TPSA) is 40.6 Å². The zero-order chi connectivity index (χ0) is 17.9. The monoisotopic (exact) mass is 346 g/mol. The lowest BCUT2D eigenvalue weighted by Crippen LogP contribution is -2.43. The summed E-state index contributed by atoms with van der Waals surface area (Å²) in [5.41, 5.74) is 2.34. The zero-order valence-electron chi connectivity index (χ0n) is 14.9. The summed E-state index contributed by atoms with van der Waals surface area (Å²) in [5, 5.41) is 0. The number of carbonyl (C=O) groups is 2. The minimum absolute atomic E-state index is 0.0561. The SMILES string of the molecule is C[C@@]12CCCN1[C@@H](c1ccccc1)[C@@H](N1C(=O)c3ccccc3C1=O)C2. The quantitative estimate of drug-likeness (QED) is 0.780. The van der Waals surface area contributed by atoms with E-state index < -0.39 is 0 Å². The summed E-state index contributed by atoms with van der Waals surface area (Å²) in [4.78, 5) is 30.2. The van der Waals surface area contributed by atoms with Crippen LogP contribution in [0.5, 0.6) is 0 Å². The highest BCUT2D eigenvalue weighted by Crippen LogP contribution is 2.51. The van der Waals surface area contributed by atoms with Crippen molar-refractivity contribution in [2.75, 3.05) is 6.54 Å². The molecule has 0 radical (unpaired) electrons. The van der Waals surface area contributed by atoms with Gasteiger partial charge in [0, 0.05) is 5.54 Å². The Morgan fingerprint density at radius 2 is 1.54 bits per heavy atom. The smallest absolute Gasteiger partial charge is 0.261 e. The molecule has 4 heteroatoms. The van der Waals surface area contributed by atoms with Gasteiger partial charge in [-0.3, -0.25) is 19.4 Å². The van der Waals surface area contributed by atoms with Crippen molar-refractivity contribution in [1.29, 1.82) is 0 Å². The molecule has 2 saturated heterocycles. The number of rotatable bonds is 2. The maximum absolute atomic E-state index is 13.1. The van der Waals surface area contributed by atoms with Gasteiger partial charge in [-0.1, -0.05) is 42.5 Å². The molecule has 3 aliphatic rings. The summed E-state index contributed by atoms with van der Waals surface area (Å²) in [7, 11) is 0. The van der Waals surface area contributed by atoms with E-state index in [1.807, 2.05) is 30.3 Å². The average Bonchev–Trinajstić information content (AvgIpc) is 3.24. The van der Waals surface area contributed by atoms with E-state index in [-0.39, 0.29) is 29.4 Å². The van der Waals surface area contributed by atoms with Crippen molar-refractivity contribution in [3.05, 3.63) is 71.3 Å². The fourth-order valence-electron chi connectivity index (χ4n) is 5.30. The molecule has 0 aliphatic carbocycles. The van der Waals surface area contributed by atoms with Crippen LogP contribution in [0.3, 0.4) is 0 Å². The lowest BCUT2D eigenvalue weighted by atomic mass is 9.92. The molecule has 4 nitrogen and oxygen atoms in total. The molecule has 0 bridgehead atoms. The minimum atomic E-state index is -0.138. The number of hydrogen-bond acceptors (Lipinski definition) is 3. The van der Waals surface area contributed by atoms with Gasteiger partial charge < -0.3 is 0 Å². The third-order valence-corrected chi connectivity index (χ3v) is 6.46. The van der Waals surface area contributed by atoms with E-state index in [1.165, 1.54) is 12.0 Å². The highest BCUT2D eigenvalue weighted by atomic mass is 16.2. The molecular formula is C22H22N2O2. The predicted molar refractivity (Wildman–Crippen MR) is 98.9 cm³/mol. The first-order valence-corrected chi connectivity index (χ1v) is 9.39. The van der Waals surface area contributed by atoms with Crippen LogP contribution < -0.4 is 0 Å². The number of carbonyl (C=O) groups excluding carboxylic acids is 2. The van der Waals surface area contributed by atoms with Gasteiger partial charge in [-0.05, 0) is 50.4 Å². The molecule has 3 heterocycles. The average molecular weight is 346 g/mol. The normalized spacial score (nSPS) is 30.7. The lowest BCUT2D eigenvalue weighted by Gasteiger charge is -2.33. The number of nitrogens with zero attached hydrogens (tertiary/aromatic N) is 2. The molecule has 3 atom stereocenters. The van der Waals surface area contributed by atoms with Gasteiger partial charge in [-0.15, -0.1) is 0 Å². The van der Waals surface area contributed by atoms with Crippen molar-refractivity contribution in [3.63, 3.8) is 0 Å². The standard InChI is InChI=1S/C22H22N2O2/c1-22-12-7-13-23(22)19(15-8-3-2-4-9-15)18(14-22)24-20(25)16-10-5-6-11-17(16)21(24)26/h2-6,8-11,18-19H,7,12-14H2,1H3/t18-,19-,22-/m0/s1. The molecule has 0 N–H and O–H groups in total. The van der Waals surface area contributed by atoms with Gasteiger partial charge in [-0.25, -0.2) is 0 Å². The van der Waals surface area contributed by atoms with Crippen LogP contribution in [0.25, 0.3) is 0 Å². The van der Waals surface area contributed by atoms with Crippen LogP contribution in [-0.4, -0.2) is 39.7 Å². The summed E-state index contributed by atoms with van der Waals surface area (Å²) in [6.07, 6.45) is 3.14. The molecule has 0 unspecified atom stereocenters. The molecule has 2 fully saturated rings. The fourth-order valence-corrected chi connectivity index (χ4v) is 5.30. The van der Waals surface area contributed by atoms with Crippen molar-refractivity contribution in [2.45, 2.75) is 43.8 Å². The van der Waals surface area contributed by atoms with Gasteiger partial charge in [0.05, 0.1) is 23.2 Å². The molecule has 2 aromatic rings. The minimum Gasteiger partial charge on any atom is -0.289 e. The van der Waals surface area contributed by atoms with E-state index >= 15 is 0 Å². The van der Waals surface area contributed by atoms with Gasteiger partial charge >= 0.3 is 0 Å². The number of hydrogen-bond donors (Lipinski definition) is 0. The van der Waals surface area contributed by atoms with Crippen LogP contribution in [0.4, 0.5) is 0 Å². The maximum atomic E-state index is 13.1. The van der Waals surface area contributed by atoms with Crippen LogP contribution >= 0.6 is 0 Å². The second-order valence-electron chi connectivity index (χ2n) is 7.95. The molecule has 0 saturated carbocycles. The lowest BCUT2D eigenvalue weighted by molar-refractivity contribution is 0.0542. The molecule has 5 rings (SSSR count). The molecule has 3 aliphatic heterocycles. The Morgan fingerprint density at radius 3 is 2.19 bits per heavy atom. The second-order valence-corrected chi connectivity index (χ2v) is 7.95. The number of imide groups is 1. The largest absolute Gasteiger partial charge is 0.289 e. The Labute approximate surface area is 153 Å². The van der Waals surface area contributed by atoms with Crippen LogP contribution in [0.2, 0.25) is 0 Å². The Kier molecular flexibility index (Phi) is 3.35. The molecule has 0 spiro atoms. The first-order chi connectivity index (χ1) is 12.6. The molecule has 2 aromatic carbocycles. The molecule has 0 aromatic heterocycles. The van der Waals surface area contributed by atoms with Crippen molar-refractivity contribution >= 4 is 11.8 Å². The number of amides is 2. The number of fused-ring (bicyclic) bond motifs is 2. The highest BCUT2D eigenvalue weighted by molar-refractivity contribution is 6.21. The van der Waals surface area contributed by atoms with Crippen LogP contribution in [0.1, 0.15) is 58.5 Å². The third-order valence-electron chi connectivity index (χ3n) is 6.46. The van der Waals surface area contributed by atoms with E-state index in [2.05, 4.69) is 24.0 Å². The Balaban J connectivity index is 1.60. The second kappa shape index (κ2) is 5.52. The predicted octanol–water partition coefficient (Wildman–Crippen LogP) is 3.65. The van der Waals surface area contributed by atoms with Crippen molar-refractivity contribution in [3.8, 4) is 0 Å². The van der Waals surface area contributed by atoms with E-state index in [1.54, 1.807) is 17.0 Å². The van der Waals surface area contributed by atoms with E-state index in [0.717, 1.165) is 19.4 Å². The fraction of sp³-hybridized carbons (Fsp3) is 0.364. The van der Waals surface area contributed by atoms with Crippen LogP contribution in [0.15, 0.2) is 54.6 Å². The van der Waals surface area contributed by atoms with E-state index in [9.17, 15) is 9.59 Å². The molecule has 26 heavy (non-hydrogen) atoms. The summed E-state index contributed by atoms with van der Waals surface area (Å²) in [5.74, 6) is -0.275. The Morgan fingerprint density at radius 1 is 0.923 bits per heavy atom. The van der Waals surface area contributed by atoms with Crippen LogP contribution in [0, 0.1) is 0 Å². The van der Waals surface area contributed by atoms with Gasteiger partial charge in [0.25, 0.3) is 11.8 Å². The van der Waals surface area contributed by atoms with E-state index in [0.29, 0.717) is 11.1 Å². The Hall–Kier alpha value is -2.46. The van der Waals surface area contributed by atoms with Gasteiger partial charge in [0.15, 0.2) is 0 Å². The van der Waals surface area contributed by atoms with Gasteiger partial charge in [-0.2, -0.15) is 0 Å². The van der Waals surface area contributed by atoms with E-state index in [4.69, 9.17) is 0 Å². The molecule has 2 amide bonds. The van der Waals surface area contributed by atoms with Crippen molar-refractivity contribution < 1.29 is 9.59 Å². The number of benzene rings is 2. The summed E-state index contributed by atoms with van der Waals surface area (Å²) < 4.78 is 0. The van der Waals surface area contributed by atoms with Gasteiger partial charge in [0.1, 0.15) is 0 Å². The summed E-state index contributed by atoms with van der Waals surface area (Å²) in [6.45, 7) is 3.31. The summed E-state index contributed by atoms with van der Waals surface area (Å²) >= 11 is 0. The first-order valence-electron chi connectivity index (χ1n) is 9.39. The zero-order valence-corrected chi connectivity index (χ0v) is 14.9. The Bertz CT molecular complexity index is 859. The van der Waals surface area contributed by atoms with Crippen molar-refractivity contribution in [1.82, 2.24) is 9.80 Å². The highest BCUT2D eigenvalue weighted by Gasteiger charge is 2.56. The maximum Gasteiger partial charge on any atom is 0.261 e. The summed E-state index contributed by atoms with van der Waals surface area (Å²) in [6, 6.07) is 17.5. The molecule has 132 valence electrons. The third kappa shape index (κ3) is 2.05. The van der Waals surface area contributed by atoms with Gasteiger partial charge in [0.2, 0.25) is 0 Å². The van der Waals surface area contributed by atoms with Crippen LogP contribution in [-0.2, 0) is 0 Å². The van der Waals surface area contributed by atoms with Crippen molar-refractivity contribution in [2.24, 2.45) is 0 Å². The molecular weight excluding hydrogens is 324 g/mol. The first kappa shape index (κ1) is 15.8.